The number of aromatic nitrogens is 2. The van der Waals surface area contributed by atoms with E-state index in [1.165, 1.54) is 0 Å². The van der Waals surface area contributed by atoms with Crippen LogP contribution in [-0.4, -0.2) is 16.9 Å². The average molecular weight is 252 g/mol. The molecule has 0 fully saturated rings. The van der Waals surface area contributed by atoms with Crippen molar-refractivity contribution in [2.75, 3.05) is 12.8 Å². The number of nitrogen functional groups attached to an aromatic ring is 1. The Labute approximate surface area is 105 Å². The Balaban J connectivity index is 2.67. The van der Waals surface area contributed by atoms with Gasteiger partial charge in [-0.1, -0.05) is 11.6 Å². The number of ether oxygens (including phenoxy) is 1. The summed E-state index contributed by atoms with van der Waals surface area (Å²) in [5, 5.41) is 5.01. The Bertz CT molecular complexity index is 563. The topological polar surface area (TPSA) is 53.1 Å². The lowest BCUT2D eigenvalue weighted by atomic mass is 10.2. The van der Waals surface area contributed by atoms with Crippen molar-refractivity contribution in [2.24, 2.45) is 0 Å². The van der Waals surface area contributed by atoms with E-state index in [1.807, 2.05) is 19.9 Å². The normalized spacial score (nSPS) is 10.6. The molecular formula is C12H14ClN3O. The van der Waals surface area contributed by atoms with E-state index in [-0.39, 0.29) is 0 Å². The van der Waals surface area contributed by atoms with E-state index in [0.717, 1.165) is 17.1 Å². The molecule has 17 heavy (non-hydrogen) atoms. The molecule has 0 aliphatic rings. The first-order chi connectivity index (χ1) is 8.04. The van der Waals surface area contributed by atoms with E-state index in [4.69, 9.17) is 22.1 Å². The van der Waals surface area contributed by atoms with Gasteiger partial charge in [-0.2, -0.15) is 5.10 Å². The zero-order chi connectivity index (χ0) is 12.6. The third-order valence-electron chi connectivity index (χ3n) is 2.72. The second-order valence-corrected chi connectivity index (χ2v) is 4.25. The first-order valence-corrected chi connectivity index (χ1v) is 5.58. The van der Waals surface area contributed by atoms with Crippen LogP contribution < -0.4 is 10.5 Å². The summed E-state index contributed by atoms with van der Waals surface area (Å²) in [7, 11) is 1.61. The molecule has 0 saturated heterocycles. The molecule has 5 heteroatoms. The number of hydrogen-bond acceptors (Lipinski definition) is 3. The molecule has 0 bridgehead atoms. The molecule has 0 amide bonds. The third kappa shape index (κ3) is 1.96. The summed E-state index contributed by atoms with van der Waals surface area (Å²) < 4.78 is 7.04. The first kappa shape index (κ1) is 11.8. The predicted molar refractivity (Wildman–Crippen MR) is 69.0 cm³/mol. The minimum atomic E-state index is 0.631. The van der Waals surface area contributed by atoms with Gasteiger partial charge in [-0.3, -0.25) is 0 Å². The van der Waals surface area contributed by atoms with Crippen LogP contribution in [-0.2, 0) is 0 Å². The monoisotopic (exact) mass is 251 g/mol. The van der Waals surface area contributed by atoms with Gasteiger partial charge in [0.05, 0.1) is 24.2 Å². The van der Waals surface area contributed by atoms with Crippen LogP contribution in [0.1, 0.15) is 11.4 Å². The maximum atomic E-state index is 5.99. The molecular weight excluding hydrogens is 238 g/mol. The largest absolute Gasteiger partial charge is 0.494 e. The van der Waals surface area contributed by atoms with Gasteiger partial charge in [0.25, 0.3) is 0 Å². The molecule has 2 N–H and O–H groups in total. The highest BCUT2D eigenvalue weighted by Gasteiger charge is 2.13. The lowest BCUT2D eigenvalue weighted by molar-refractivity contribution is 0.411. The van der Waals surface area contributed by atoms with Crippen LogP contribution in [0.2, 0.25) is 5.02 Å². The van der Waals surface area contributed by atoms with Crippen molar-refractivity contribution in [1.29, 1.82) is 0 Å². The third-order valence-corrected chi connectivity index (χ3v) is 2.95. The van der Waals surface area contributed by atoms with E-state index in [1.54, 1.807) is 23.9 Å². The van der Waals surface area contributed by atoms with Crippen LogP contribution in [0.4, 0.5) is 5.69 Å². The molecule has 1 aromatic heterocycles. The van der Waals surface area contributed by atoms with Gasteiger partial charge in [0, 0.05) is 5.02 Å². The molecule has 0 unspecified atom stereocenters. The molecule has 1 heterocycles. The van der Waals surface area contributed by atoms with Gasteiger partial charge in [0.1, 0.15) is 11.4 Å². The molecule has 2 rings (SSSR count). The molecule has 4 nitrogen and oxygen atoms in total. The summed E-state index contributed by atoms with van der Waals surface area (Å²) in [5.74, 6) is 0.708. The number of halogens is 1. The van der Waals surface area contributed by atoms with Gasteiger partial charge in [0.2, 0.25) is 0 Å². The van der Waals surface area contributed by atoms with Crippen LogP contribution in [0.15, 0.2) is 18.2 Å². The number of nitrogens with zero attached hydrogens (tertiary/aromatic N) is 2. The van der Waals surface area contributed by atoms with Crippen LogP contribution >= 0.6 is 11.6 Å². The van der Waals surface area contributed by atoms with Gasteiger partial charge < -0.3 is 10.5 Å². The number of hydrogen-bond donors (Lipinski definition) is 1. The molecule has 1 aromatic carbocycles. The zero-order valence-electron chi connectivity index (χ0n) is 9.99. The summed E-state index contributed by atoms with van der Waals surface area (Å²) in [5.41, 5.74) is 9.06. The van der Waals surface area contributed by atoms with Crippen molar-refractivity contribution < 1.29 is 4.74 Å². The summed E-state index contributed by atoms with van der Waals surface area (Å²) in [6.45, 7) is 3.78. The van der Waals surface area contributed by atoms with Crippen molar-refractivity contribution in [3.05, 3.63) is 34.6 Å². The fourth-order valence-electron chi connectivity index (χ4n) is 1.72. The Kier molecular flexibility index (Phi) is 2.98. The Morgan fingerprint density at radius 3 is 2.59 bits per heavy atom. The molecule has 0 aliphatic heterocycles. The Morgan fingerprint density at radius 2 is 2.06 bits per heavy atom. The van der Waals surface area contributed by atoms with Crippen LogP contribution in [0, 0.1) is 13.8 Å². The lowest BCUT2D eigenvalue weighted by Gasteiger charge is -2.10. The van der Waals surface area contributed by atoms with Crippen molar-refractivity contribution >= 4 is 17.3 Å². The lowest BCUT2D eigenvalue weighted by Crippen LogP contribution is -2.02. The summed E-state index contributed by atoms with van der Waals surface area (Å²) >= 11 is 5.99. The number of nitrogens with two attached hydrogens (primary N) is 1. The quantitative estimate of drug-likeness (QED) is 0.893. The zero-order valence-corrected chi connectivity index (χ0v) is 10.7. The predicted octanol–water partition coefficient (Wildman–Crippen LogP) is 2.73. The highest BCUT2D eigenvalue weighted by molar-refractivity contribution is 6.30. The van der Waals surface area contributed by atoms with Gasteiger partial charge in [-0.05, 0) is 32.0 Å². The van der Waals surface area contributed by atoms with Crippen LogP contribution in [0.3, 0.4) is 0 Å². The average Bonchev–Trinajstić information content (AvgIpc) is 2.57. The van der Waals surface area contributed by atoms with Crippen LogP contribution in [0.25, 0.3) is 5.69 Å². The Morgan fingerprint density at radius 1 is 1.35 bits per heavy atom. The Hall–Kier alpha value is -1.68. The molecule has 90 valence electrons. The number of aryl methyl sites for hydroxylation is 1. The fourth-order valence-corrected chi connectivity index (χ4v) is 1.88. The van der Waals surface area contributed by atoms with E-state index < -0.39 is 0 Å². The highest BCUT2D eigenvalue weighted by atomic mass is 35.5. The van der Waals surface area contributed by atoms with E-state index in [9.17, 15) is 0 Å². The number of benzene rings is 1. The van der Waals surface area contributed by atoms with E-state index >= 15 is 0 Å². The SMILES string of the molecule is COc1ccc(Cl)cc1-n1nc(C)c(N)c1C. The maximum absolute atomic E-state index is 5.99. The molecule has 0 spiro atoms. The van der Waals surface area contributed by atoms with Crippen molar-refractivity contribution in [3.8, 4) is 11.4 Å². The van der Waals surface area contributed by atoms with Gasteiger partial charge >= 0.3 is 0 Å². The smallest absolute Gasteiger partial charge is 0.144 e. The second-order valence-electron chi connectivity index (χ2n) is 3.81. The summed E-state index contributed by atoms with van der Waals surface area (Å²) in [4.78, 5) is 0. The van der Waals surface area contributed by atoms with Crippen molar-refractivity contribution in [3.63, 3.8) is 0 Å². The molecule has 0 saturated carbocycles. The van der Waals surface area contributed by atoms with Gasteiger partial charge in [-0.15, -0.1) is 0 Å². The van der Waals surface area contributed by atoms with Crippen LogP contribution in [0.5, 0.6) is 5.75 Å². The van der Waals surface area contributed by atoms with Crippen molar-refractivity contribution in [2.45, 2.75) is 13.8 Å². The number of methoxy groups -OCH3 is 1. The number of anilines is 1. The minimum Gasteiger partial charge on any atom is -0.494 e. The minimum absolute atomic E-state index is 0.631. The highest BCUT2D eigenvalue weighted by Crippen LogP contribution is 2.29. The van der Waals surface area contributed by atoms with Gasteiger partial charge in [0.15, 0.2) is 0 Å². The van der Waals surface area contributed by atoms with E-state index in [2.05, 4.69) is 5.10 Å². The fraction of sp³-hybridized carbons (Fsp3) is 0.250. The molecule has 0 atom stereocenters. The maximum Gasteiger partial charge on any atom is 0.144 e. The standard InChI is InChI=1S/C12H14ClN3O/c1-7-12(14)8(2)16(15-7)10-6-9(13)4-5-11(10)17-3/h4-6H,14H2,1-3H3. The number of rotatable bonds is 2. The molecule has 2 aromatic rings. The van der Waals surface area contributed by atoms with Crippen molar-refractivity contribution in [1.82, 2.24) is 9.78 Å². The summed E-state index contributed by atoms with van der Waals surface area (Å²) in [6, 6.07) is 5.39. The molecule has 0 radical (unpaired) electrons. The van der Waals surface area contributed by atoms with E-state index in [0.29, 0.717) is 16.5 Å². The first-order valence-electron chi connectivity index (χ1n) is 5.20. The van der Waals surface area contributed by atoms with Gasteiger partial charge in [-0.25, -0.2) is 4.68 Å². The molecule has 0 aliphatic carbocycles. The summed E-state index contributed by atoms with van der Waals surface area (Å²) in [6.07, 6.45) is 0. The second kappa shape index (κ2) is 4.30.